The molecule has 0 fully saturated rings. The molecular formula is C18H18N2O. The molecule has 0 saturated carbocycles. The smallest absolute Gasteiger partial charge is 0.248 e. The number of fused-ring (bicyclic) bond motifs is 1. The third-order valence-corrected chi connectivity index (χ3v) is 4.17. The Morgan fingerprint density at radius 2 is 1.95 bits per heavy atom. The molecule has 21 heavy (non-hydrogen) atoms. The van der Waals surface area contributed by atoms with Gasteiger partial charge >= 0.3 is 0 Å². The molecule has 0 radical (unpaired) electrons. The van der Waals surface area contributed by atoms with E-state index in [1.54, 1.807) is 12.1 Å². The summed E-state index contributed by atoms with van der Waals surface area (Å²) in [4.78, 5) is 15.8. The lowest BCUT2D eigenvalue weighted by atomic mass is 9.81. The van der Waals surface area contributed by atoms with Crippen LogP contribution in [0.4, 0.5) is 5.69 Å². The highest BCUT2D eigenvalue weighted by Gasteiger charge is 2.24. The van der Waals surface area contributed by atoms with E-state index in [1.807, 2.05) is 18.3 Å². The van der Waals surface area contributed by atoms with E-state index in [2.05, 4.69) is 36.2 Å². The van der Waals surface area contributed by atoms with E-state index in [-0.39, 0.29) is 0 Å². The summed E-state index contributed by atoms with van der Waals surface area (Å²) in [6.45, 7) is 2.21. The second-order valence-corrected chi connectivity index (χ2v) is 5.56. The van der Waals surface area contributed by atoms with Gasteiger partial charge in [-0.25, -0.2) is 0 Å². The van der Waals surface area contributed by atoms with Crippen LogP contribution in [0.5, 0.6) is 0 Å². The Balaban J connectivity index is 1.86. The summed E-state index contributed by atoms with van der Waals surface area (Å²) in [6, 6.07) is 16.0. The molecule has 1 heterocycles. The lowest BCUT2D eigenvalue weighted by Crippen LogP contribution is -2.18. The standard InChI is InChI=1S/C18H18N2O/c1-12-15(9-13-5-3-2-4-6-13)11-20-17-10-14(18(19)21)7-8-16(12)17/h2-8,10-12,15H,9H2,1H3,(H2,19,21)/t12-,15?/m0/s1. The molecule has 2 aromatic carbocycles. The highest BCUT2D eigenvalue weighted by atomic mass is 16.1. The average Bonchev–Trinajstić information content (AvgIpc) is 2.51. The van der Waals surface area contributed by atoms with Crippen LogP contribution in [-0.4, -0.2) is 12.1 Å². The number of aliphatic imine (C=N–C) groups is 1. The molecule has 106 valence electrons. The first-order chi connectivity index (χ1) is 10.1. The van der Waals surface area contributed by atoms with Gasteiger partial charge in [-0.3, -0.25) is 9.79 Å². The van der Waals surface area contributed by atoms with Crippen LogP contribution in [0.25, 0.3) is 0 Å². The normalized spacial score (nSPS) is 20.0. The molecule has 2 atom stereocenters. The number of carbonyl (C=O) groups is 1. The molecule has 0 saturated heterocycles. The quantitative estimate of drug-likeness (QED) is 0.918. The van der Waals surface area contributed by atoms with Gasteiger partial charge in [0.1, 0.15) is 0 Å². The van der Waals surface area contributed by atoms with Crippen molar-refractivity contribution in [3.8, 4) is 0 Å². The molecule has 3 heteroatoms. The van der Waals surface area contributed by atoms with Crippen LogP contribution in [0.15, 0.2) is 53.5 Å². The van der Waals surface area contributed by atoms with Crippen LogP contribution < -0.4 is 5.73 Å². The maximum atomic E-state index is 11.2. The molecule has 2 N–H and O–H groups in total. The predicted molar refractivity (Wildman–Crippen MR) is 85.2 cm³/mol. The largest absolute Gasteiger partial charge is 0.366 e. The topological polar surface area (TPSA) is 55.5 Å². The van der Waals surface area contributed by atoms with Crippen molar-refractivity contribution in [2.24, 2.45) is 16.6 Å². The molecule has 0 aromatic heterocycles. The second-order valence-electron chi connectivity index (χ2n) is 5.56. The van der Waals surface area contributed by atoms with Gasteiger partial charge < -0.3 is 5.73 Å². The Hall–Kier alpha value is -2.42. The summed E-state index contributed by atoms with van der Waals surface area (Å²) in [5, 5.41) is 0. The minimum absolute atomic E-state index is 0.374. The number of rotatable bonds is 3. The van der Waals surface area contributed by atoms with Crippen molar-refractivity contribution in [1.82, 2.24) is 0 Å². The highest BCUT2D eigenvalue weighted by molar-refractivity contribution is 5.94. The summed E-state index contributed by atoms with van der Waals surface area (Å²) in [6.07, 6.45) is 2.98. The molecule has 2 aromatic rings. The average molecular weight is 278 g/mol. The van der Waals surface area contributed by atoms with Crippen LogP contribution in [0.1, 0.15) is 34.3 Å². The zero-order valence-electron chi connectivity index (χ0n) is 12.0. The van der Waals surface area contributed by atoms with E-state index >= 15 is 0 Å². The number of amides is 1. The summed E-state index contributed by atoms with van der Waals surface area (Å²) in [5.41, 5.74) is 9.20. The van der Waals surface area contributed by atoms with Crippen molar-refractivity contribution in [1.29, 1.82) is 0 Å². The van der Waals surface area contributed by atoms with Crippen LogP contribution >= 0.6 is 0 Å². The van der Waals surface area contributed by atoms with Gasteiger partial charge in [0.15, 0.2) is 0 Å². The number of carbonyl (C=O) groups excluding carboxylic acids is 1. The first-order valence-corrected chi connectivity index (χ1v) is 7.17. The molecular weight excluding hydrogens is 260 g/mol. The number of hydrogen-bond donors (Lipinski definition) is 1. The van der Waals surface area contributed by atoms with Crippen LogP contribution in [0.3, 0.4) is 0 Å². The van der Waals surface area contributed by atoms with Gasteiger partial charge in [0.05, 0.1) is 5.69 Å². The van der Waals surface area contributed by atoms with Gasteiger partial charge in [-0.2, -0.15) is 0 Å². The number of primary amides is 1. The SMILES string of the molecule is C[C@@H]1c2ccc(C(N)=O)cc2N=CC1Cc1ccccc1. The lowest BCUT2D eigenvalue weighted by Gasteiger charge is -2.26. The Morgan fingerprint density at radius 3 is 2.67 bits per heavy atom. The Morgan fingerprint density at radius 1 is 1.19 bits per heavy atom. The minimum Gasteiger partial charge on any atom is -0.366 e. The zero-order chi connectivity index (χ0) is 14.8. The van der Waals surface area contributed by atoms with Crippen molar-refractivity contribution in [3.63, 3.8) is 0 Å². The first kappa shape index (κ1) is 13.6. The predicted octanol–water partition coefficient (Wildman–Crippen LogP) is 3.46. The molecule has 1 amide bonds. The van der Waals surface area contributed by atoms with E-state index in [1.165, 1.54) is 11.1 Å². The van der Waals surface area contributed by atoms with Crippen molar-refractivity contribution < 1.29 is 4.79 Å². The van der Waals surface area contributed by atoms with Gasteiger partial charge in [0.2, 0.25) is 5.91 Å². The number of nitrogens with two attached hydrogens (primary N) is 1. The maximum absolute atomic E-state index is 11.2. The van der Waals surface area contributed by atoms with Crippen LogP contribution in [0.2, 0.25) is 0 Å². The van der Waals surface area contributed by atoms with Crippen molar-refractivity contribution in [2.75, 3.05) is 0 Å². The highest BCUT2D eigenvalue weighted by Crippen LogP contribution is 2.37. The van der Waals surface area contributed by atoms with Gasteiger partial charge in [-0.05, 0) is 35.6 Å². The van der Waals surface area contributed by atoms with Crippen LogP contribution in [0, 0.1) is 5.92 Å². The maximum Gasteiger partial charge on any atom is 0.248 e. The van der Waals surface area contributed by atoms with Gasteiger partial charge in [0, 0.05) is 17.7 Å². The fourth-order valence-electron chi connectivity index (χ4n) is 2.85. The fourth-order valence-corrected chi connectivity index (χ4v) is 2.85. The van der Waals surface area contributed by atoms with Crippen molar-refractivity contribution in [2.45, 2.75) is 19.3 Å². The van der Waals surface area contributed by atoms with E-state index in [0.29, 0.717) is 17.4 Å². The molecule has 1 unspecified atom stereocenters. The summed E-state index contributed by atoms with van der Waals surface area (Å²) < 4.78 is 0. The van der Waals surface area contributed by atoms with E-state index in [9.17, 15) is 4.79 Å². The summed E-state index contributed by atoms with van der Waals surface area (Å²) in [5.74, 6) is 0.339. The number of benzene rings is 2. The van der Waals surface area contributed by atoms with E-state index in [4.69, 9.17) is 5.73 Å². The number of hydrogen-bond acceptors (Lipinski definition) is 2. The summed E-state index contributed by atoms with van der Waals surface area (Å²) in [7, 11) is 0. The first-order valence-electron chi connectivity index (χ1n) is 7.17. The zero-order valence-corrected chi connectivity index (χ0v) is 12.0. The Kier molecular flexibility index (Phi) is 3.57. The van der Waals surface area contributed by atoms with Crippen molar-refractivity contribution in [3.05, 3.63) is 65.2 Å². The third kappa shape index (κ3) is 2.72. The molecule has 1 aliphatic rings. The fraction of sp³-hybridized carbons (Fsp3) is 0.222. The Labute approximate surface area is 124 Å². The molecule has 1 aliphatic heterocycles. The van der Waals surface area contributed by atoms with Gasteiger partial charge in [-0.1, -0.05) is 43.3 Å². The van der Waals surface area contributed by atoms with Crippen molar-refractivity contribution >= 4 is 17.8 Å². The third-order valence-electron chi connectivity index (χ3n) is 4.17. The monoisotopic (exact) mass is 278 g/mol. The number of nitrogens with zero attached hydrogens (tertiary/aromatic N) is 1. The lowest BCUT2D eigenvalue weighted by molar-refractivity contribution is 0.100. The Bertz CT molecular complexity index is 692. The summed E-state index contributed by atoms with van der Waals surface area (Å²) >= 11 is 0. The molecule has 3 rings (SSSR count). The van der Waals surface area contributed by atoms with Crippen LogP contribution in [-0.2, 0) is 6.42 Å². The molecule has 0 aliphatic carbocycles. The van der Waals surface area contributed by atoms with E-state index < -0.39 is 5.91 Å². The molecule has 3 nitrogen and oxygen atoms in total. The van der Waals surface area contributed by atoms with Gasteiger partial charge in [-0.15, -0.1) is 0 Å². The molecule has 0 spiro atoms. The van der Waals surface area contributed by atoms with Gasteiger partial charge in [0.25, 0.3) is 0 Å². The van der Waals surface area contributed by atoms with E-state index in [0.717, 1.165) is 12.1 Å². The second kappa shape index (κ2) is 5.52. The minimum atomic E-state index is -0.410. The molecule has 0 bridgehead atoms.